The Bertz CT molecular complexity index is 888. The smallest absolute Gasteiger partial charge is 0.257 e. The average Bonchev–Trinajstić information content (AvgIpc) is 3.25. The van der Waals surface area contributed by atoms with Gasteiger partial charge in [0.05, 0.1) is 0 Å². The van der Waals surface area contributed by atoms with Crippen LogP contribution in [0.5, 0.6) is 5.75 Å². The molecule has 1 N–H and O–H groups in total. The molecule has 1 saturated carbocycles. The molecule has 4 rings (SSSR count). The molecule has 2 heterocycles. The lowest BCUT2D eigenvalue weighted by Gasteiger charge is -2.06. The lowest BCUT2D eigenvalue weighted by molar-refractivity contribution is -0.123. The van der Waals surface area contributed by atoms with E-state index in [1.807, 2.05) is 4.52 Å². The van der Waals surface area contributed by atoms with Gasteiger partial charge in [0.25, 0.3) is 5.91 Å². The first-order valence-corrected chi connectivity index (χ1v) is 9.24. The van der Waals surface area contributed by atoms with E-state index in [4.69, 9.17) is 16.3 Å². The molecule has 3 aromatic rings. The number of amides is 1. The maximum atomic E-state index is 11.8. The van der Waals surface area contributed by atoms with Crippen LogP contribution in [0.3, 0.4) is 0 Å². The second-order valence-corrected chi connectivity index (χ2v) is 7.34. The van der Waals surface area contributed by atoms with Gasteiger partial charge in [0.2, 0.25) is 4.96 Å². The molecule has 0 aliphatic heterocycles. The third kappa shape index (κ3) is 3.91. The van der Waals surface area contributed by atoms with Crippen molar-refractivity contribution in [1.82, 2.24) is 25.1 Å². The number of aromatic nitrogens is 4. The second-order valence-electron chi connectivity index (χ2n) is 5.87. The Balaban J connectivity index is 1.24. The Morgan fingerprint density at radius 2 is 2.12 bits per heavy atom. The fourth-order valence-electron chi connectivity index (χ4n) is 2.41. The van der Waals surface area contributed by atoms with Crippen LogP contribution in [-0.4, -0.2) is 38.9 Å². The van der Waals surface area contributed by atoms with Crippen LogP contribution in [0, 0.1) is 0 Å². The minimum absolute atomic E-state index is 0.0292. The number of hydrogen-bond donors (Lipinski definition) is 1. The summed E-state index contributed by atoms with van der Waals surface area (Å²) in [6.07, 6.45) is 2.99. The maximum absolute atomic E-state index is 11.8. The molecule has 2 aromatic heterocycles. The largest absolute Gasteiger partial charge is 0.484 e. The Labute approximate surface area is 153 Å². The SMILES string of the molecule is O=C(COc1ccc(Cl)cc1)NCCc1nn2c(C3CC3)nnc2s1. The van der Waals surface area contributed by atoms with E-state index in [0.29, 0.717) is 29.7 Å². The van der Waals surface area contributed by atoms with Crippen LogP contribution in [0.4, 0.5) is 0 Å². The number of halogens is 1. The quantitative estimate of drug-likeness (QED) is 0.684. The van der Waals surface area contributed by atoms with Crippen LogP contribution in [0.15, 0.2) is 24.3 Å². The summed E-state index contributed by atoms with van der Waals surface area (Å²) in [6, 6.07) is 6.90. The van der Waals surface area contributed by atoms with E-state index < -0.39 is 0 Å². The second kappa shape index (κ2) is 6.97. The van der Waals surface area contributed by atoms with Gasteiger partial charge in [-0.2, -0.15) is 9.61 Å². The van der Waals surface area contributed by atoms with E-state index >= 15 is 0 Å². The van der Waals surface area contributed by atoms with Crippen LogP contribution >= 0.6 is 22.9 Å². The first-order chi connectivity index (χ1) is 12.2. The van der Waals surface area contributed by atoms with E-state index in [1.165, 1.54) is 11.3 Å². The Morgan fingerprint density at radius 3 is 2.88 bits per heavy atom. The van der Waals surface area contributed by atoms with Crippen LogP contribution in [0.1, 0.15) is 29.6 Å². The highest BCUT2D eigenvalue weighted by molar-refractivity contribution is 7.16. The molecular weight excluding hydrogens is 362 g/mol. The van der Waals surface area contributed by atoms with Gasteiger partial charge in [-0.3, -0.25) is 4.79 Å². The van der Waals surface area contributed by atoms with Gasteiger partial charge in [-0.1, -0.05) is 22.9 Å². The van der Waals surface area contributed by atoms with Crippen LogP contribution in [0.25, 0.3) is 4.96 Å². The minimum atomic E-state index is -0.170. The van der Waals surface area contributed by atoms with Crippen molar-refractivity contribution in [1.29, 1.82) is 0 Å². The van der Waals surface area contributed by atoms with Gasteiger partial charge < -0.3 is 10.1 Å². The summed E-state index contributed by atoms with van der Waals surface area (Å²) in [5.41, 5.74) is 0. The van der Waals surface area contributed by atoms with E-state index in [0.717, 1.165) is 28.6 Å². The lowest BCUT2D eigenvalue weighted by Crippen LogP contribution is -2.30. The third-order valence-electron chi connectivity index (χ3n) is 3.84. The van der Waals surface area contributed by atoms with Crippen molar-refractivity contribution in [2.45, 2.75) is 25.2 Å². The van der Waals surface area contributed by atoms with Crippen molar-refractivity contribution >= 4 is 33.8 Å². The highest BCUT2D eigenvalue weighted by Crippen LogP contribution is 2.39. The average molecular weight is 378 g/mol. The van der Waals surface area contributed by atoms with E-state index in [1.54, 1.807) is 24.3 Å². The molecule has 0 spiro atoms. The Hall–Kier alpha value is -2.19. The molecule has 0 saturated heterocycles. The van der Waals surface area contributed by atoms with E-state index in [9.17, 15) is 4.79 Å². The molecule has 0 unspecified atom stereocenters. The van der Waals surface area contributed by atoms with Gasteiger partial charge in [0, 0.05) is 23.9 Å². The summed E-state index contributed by atoms with van der Waals surface area (Å²) >= 11 is 7.31. The van der Waals surface area contributed by atoms with E-state index in [-0.39, 0.29) is 12.5 Å². The molecule has 0 bridgehead atoms. The molecule has 1 amide bonds. The topological polar surface area (TPSA) is 81.4 Å². The molecule has 0 radical (unpaired) electrons. The summed E-state index contributed by atoms with van der Waals surface area (Å²) in [4.78, 5) is 12.7. The van der Waals surface area contributed by atoms with Crippen molar-refractivity contribution in [3.05, 3.63) is 40.1 Å². The zero-order chi connectivity index (χ0) is 17.2. The molecule has 25 heavy (non-hydrogen) atoms. The zero-order valence-electron chi connectivity index (χ0n) is 13.3. The number of carbonyl (C=O) groups excluding carboxylic acids is 1. The molecular formula is C16H16ClN5O2S. The van der Waals surface area contributed by atoms with Gasteiger partial charge in [-0.05, 0) is 37.1 Å². The first kappa shape index (κ1) is 16.3. The molecule has 7 nitrogen and oxygen atoms in total. The first-order valence-electron chi connectivity index (χ1n) is 8.05. The van der Waals surface area contributed by atoms with Crippen LogP contribution < -0.4 is 10.1 Å². The molecule has 1 fully saturated rings. The molecule has 1 aliphatic rings. The van der Waals surface area contributed by atoms with Gasteiger partial charge in [0.15, 0.2) is 12.4 Å². The monoisotopic (exact) mass is 377 g/mol. The Kier molecular flexibility index (Phi) is 4.54. The number of carbonyl (C=O) groups is 1. The minimum Gasteiger partial charge on any atom is -0.484 e. The van der Waals surface area contributed by atoms with Gasteiger partial charge in [0.1, 0.15) is 10.8 Å². The van der Waals surface area contributed by atoms with Gasteiger partial charge >= 0.3 is 0 Å². The van der Waals surface area contributed by atoms with Crippen molar-refractivity contribution in [3.8, 4) is 5.75 Å². The highest BCUT2D eigenvalue weighted by atomic mass is 35.5. The van der Waals surface area contributed by atoms with Crippen LogP contribution in [-0.2, 0) is 11.2 Å². The number of rotatable bonds is 7. The summed E-state index contributed by atoms with van der Waals surface area (Å²) in [6.45, 7) is 0.476. The van der Waals surface area contributed by atoms with Gasteiger partial charge in [-0.15, -0.1) is 10.2 Å². The van der Waals surface area contributed by atoms with Crippen molar-refractivity contribution < 1.29 is 9.53 Å². The molecule has 9 heteroatoms. The lowest BCUT2D eigenvalue weighted by atomic mass is 10.3. The predicted molar refractivity (Wildman–Crippen MR) is 94.3 cm³/mol. The fraction of sp³-hybridized carbons (Fsp3) is 0.375. The highest BCUT2D eigenvalue weighted by Gasteiger charge is 2.29. The van der Waals surface area contributed by atoms with Crippen LogP contribution in [0.2, 0.25) is 5.02 Å². The number of nitrogens with one attached hydrogen (secondary N) is 1. The van der Waals surface area contributed by atoms with Crippen molar-refractivity contribution in [2.24, 2.45) is 0 Å². The third-order valence-corrected chi connectivity index (χ3v) is 5.05. The summed E-state index contributed by atoms with van der Waals surface area (Å²) in [7, 11) is 0. The van der Waals surface area contributed by atoms with Crippen molar-refractivity contribution in [2.75, 3.05) is 13.2 Å². The maximum Gasteiger partial charge on any atom is 0.257 e. The molecule has 130 valence electrons. The molecule has 1 aromatic carbocycles. The summed E-state index contributed by atoms with van der Waals surface area (Å²) in [5, 5.41) is 17.3. The number of fused-ring (bicyclic) bond motifs is 1. The Morgan fingerprint density at radius 1 is 1.32 bits per heavy atom. The number of hydrogen-bond acceptors (Lipinski definition) is 6. The standard InChI is InChI=1S/C16H16ClN5O2S/c17-11-3-5-12(6-4-11)24-9-13(23)18-8-7-14-21-22-15(10-1-2-10)19-20-16(22)25-14/h3-6,10H,1-2,7-9H2,(H,18,23). The van der Waals surface area contributed by atoms with Crippen molar-refractivity contribution in [3.63, 3.8) is 0 Å². The fourth-order valence-corrected chi connectivity index (χ4v) is 3.37. The number of ether oxygens (including phenoxy) is 1. The normalized spacial score (nSPS) is 14.0. The summed E-state index contributed by atoms with van der Waals surface area (Å²) in [5.74, 6) is 1.91. The number of nitrogens with zero attached hydrogens (tertiary/aromatic N) is 4. The van der Waals surface area contributed by atoms with E-state index in [2.05, 4.69) is 20.6 Å². The molecule has 0 atom stereocenters. The zero-order valence-corrected chi connectivity index (χ0v) is 14.9. The number of benzene rings is 1. The summed E-state index contributed by atoms with van der Waals surface area (Å²) < 4.78 is 7.24. The predicted octanol–water partition coefficient (Wildman–Crippen LogP) is 2.45. The molecule has 1 aliphatic carbocycles. The van der Waals surface area contributed by atoms with Gasteiger partial charge in [-0.25, -0.2) is 0 Å².